The molecule has 1 fully saturated rings. The molecule has 10 nitrogen and oxygen atoms in total. The minimum Gasteiger partial charge on any atom is -0.493 e. The molecule has 0 bridgehead atoms. The fourth-order valence-electron chi connectivity index (χ4n) is 4.38. The van der Waals surface area contributed by atoms with Gasteiger partial charge >= 0.3 is 0 Å². The van der Waals surface area contributed by atoms with Gasteiger partial charge in [-0.1, -0.05) is 0 Å². The molecule has 4 heterocycles. The molecular weight excluding hydrogens is 496 g/mol. The van der Waals surface area contributed by atoms with E-state index in [2.05, 4.69) is 20.4 Å². The van der Waals surface area contributed by atoms with Gasteiger partial charge in [0, 0.05) is 37.5 Å². The monoisotopic (exact) mass is 525 g/mol. The van der Waals surface area contributed by atoms with Gasteiger partial charge in [-0.15, -0.1) is 0 Å². The highest BCUT2D eigenvalue weighted by Gasteiger charge is 2.21. The van der Waals surface area contributed by atoms with Gasteiger partial charge in [0.2, 0.25) is 0 Å². The first-order valence-corrected chi connectivity index (χ1v) is 12.4. The van der Waals surface area contributed by atoms with Gasteiger partial charge < -0.3 is 24.1 Å². The average molecular weight is 526 g/mol. The predicted octanol–water partition coefficient (Wildman–Crippen LogP) is 3.74. The van der Waals surface area contributed by atoms with E-state index in [1.54, 1.807) is 29.1 Å². The Kier molecular flexibility index (Phi) is 7.61. The summed E-state index contributed by atoms with van der Waals surface area (Å²) in [4.78, 5) is 13.8. The van der Waals surface area contributed by atoms with E-state index in [9.17, 15) is 0 Å². The molecule has 1 aromatic carbocycles. The van der Waals surface area contributed by atoms with Crippen LogP contribution in [0, 0.1) is 11.6 Å². The van der Waals surface area contributed by atoms with Crippen LogP contribution in [0.1, 0.15) is 25.5 Å². The highest BCUT2D eigenvalue weighted by Crippen LogP contribution is 2.36. The summed E-state index contributed by atoms with van der Waals surface area (Å²) >= 11 is 0. The SMILES string of the molecule is CNCCn1/c(=N/c2c(F)c(OC)cc(OC)c2F)ccc2ncc(-c3cnn(C4CCCCO4)c3)nc21. The lowest BCUT2D eigenvalue weighted by Gasteiger charge is -2.22. The molecule has 0 amide bonds. The van der Waals surface area contributed by atoms with Crippen LogP contribution in [-0.2, 0) is 11.3 Å². The molecule has 1 aliphatic heterocycles. The Morgan fingerprint density at radius 1 is 1.13 bits per heavy atom. The largest absolute Gasteiger partial charge is 0.493 e. The van der Waals surface area contributed by atoms with Crippen molar-refractivity contribution in [3.8, 4) is 22.8 Å². The van der Waals surface area contributed by atoms with Crippen molar-refractivity contribution in [2.24, 2.45) is 4.99 Å². The summed E-state index contributed by atoms with van der Waals surface area (Å²) in [6.07, 6.45) is 8.25. The first-order chi connectivity index (χ1) is 18.5. The van der Waals surface area contributed by atoms with Gasteiger partial charge in [-0.25, -0.2) is 23.4 Å². The molecule has 3 aromatic heterocycles. The number of nitrogens with one attached hydrogen (secondary N) is 1. The van der Waals surface area contributed by atoms with E-state index in [0.717, 1.165) is 30.9 Å². The zero-order chi connectivity index (χ0) is 26.6. The number of fused-ring (bicyclic) bond motifs is 1. The first-order valence-electron chi connectivity index (χ1n) is 12.4. The number of rotatable bonds is 8. The summed E-state index contributed by atoms with van der Waals surface area (Å²) in [7, 11) is 4.40. The number of hydrogen-bond donors (Lipinski definition) is 1. The van der Waals surface area contributed by atoms with Crippen molar-refractivity contribution in [3.05, 3.63) is 53.9 Å². The lowest BCUT2D eigenvalue weighted by Crippen LogP contribution is -2.27. The topological polar surface area (TPSA) is 101 Å². The third kappa shape index (κ3) is 4.96. The molecule has 0 saturated carbocycles. The number of nitrogens with zero attached hydrogens (tertiary/aromatic N) is 6. The van der Waals surface area contributed by atoms with Crippen LogP contribution in [0.3, 0.4) is 0 Å². The Hall–Kier alpha value is -3.90. The molecule has 5 rings (SSSR count). The number of pyridine rings is 1. The van der Waals surface area contributed by atoms with Crippen LogP contribution in [0.2, 0.25) is 0 Å². The Balaban J connectivity index is 1.64. The molecule has 1 unspecified atom stereocenters. The Morgan fingerprint density at radius 2 is 1.92 bits per heavy atom. The van der Waals surface area contributed by atoms with Gasteiger partial charge in [-0.2, -0.15) is 5.10 Å². The third-order valence-corrected chi connectivity index (χ3v) is 6.41. The van der Waals surface area contributed by atoms with Crippen LogP contribution in [-0.4, -0.2) is 58.7 Å². The molecule has 4 aromatic rings. The van der Waals surface area contributed by atoms with Crippen molar-refractivity contribution in [1.82, 2.24) is 29.6 Å². The molecule has 38 heavy (non-hydrogen) atoms. The molecule has 1 atom stereocenters. The molecule has 200 valence electrons. The van der Waals surface area contributed by atoms with Crippen LogP contribution < -0.4 is 20.3 Å². The van der Waals surface area contributed by atoms with Gasteiger partial charge in [0.15, 0.2) is 28.8 Å². The summed E-state index contributed by atoms with van der Waals surface area (Å²) in [5.41, 5.74) is 2.28. The van der Waals surface area contributed by atoms with E-state index in [0.29, 0.717) is 42.0 Å². The van der Waals surface area contributed by atoms with Crippen molar-refractivity contribution in [3.63, 3.8) is 0 Å². The standard InChI is InChI=1S/C26H29F2N7O3/c1-29-9-10-34-21(33-25-23(27)19(36-2)12-20(37-3)24(25)28)8-7-17-26(34)32-18(14-30-17)16-13-31-35(15-16)22-6-4-5-11-38-22/h7-8,12-15,22,29H,4-6,9-11H2,1-3H3/b33-21+. The second kappa shape index (κ2) is 11.2. The third-order valence-electron chi connectivity index (χ3n) is 6.41. The summed E-state index contributed by atoms with van der Waals surface area (Å²) in [5, 5.41) is 7.57. The number of halogens is 2. The van der Waals surface area contributed by atoms with Crippen molar-refractivity contribution in [2.75, 3.05) is 34.4 Å². The minimum absolute atomic E-state index is 0.0958. The van der Waals surface area contributed by atoms with Crippen LogP contribution in [0.15, 0.2) is 41.8 Å². The maximum Gasteiger partial charge on any atom is 0.193 e. The highest BCUT2D eigenvalue weighted by molar-refractivity contribution is 5.73. The molecule has 12 heteroatoms. The van der Waals surface area contributed by atoms with Crippen LogP contribution in [0.25, 0.3) is 22.4 Å². The van der Waals surface area contributed by atoms with E-state index < -0.39 is 17.3 Å². The molecule has 1 N–H and O–H groups in total. The highest BCUT2D eigenvalue weighted by atomic mass is 19.1. The maximum atomic E-state index is 15.1. The van der Waals surface area contributed by atoms with Gasteiger partial charge in [-0.3, -0.25) is 4.98 Å². The lowest BCUT2D eigenvalue weighted by molar-refractivity contribution is -0.0394. The van der Waals surface area contributed by atoms with E-state index in [-0.39, 0.29) is 17.7 Å². The number of likely N-dealkylation sites (N-methyl/N-ethyl adjacent to an activating group) is 1. The number of benzene rings is 1. The van der Waals surface area contributed by atoms with E-state index in [1.165, 1.54) is 14.2 Å². The van der Waals surface area contributed by atoms with Crippen molar-refractivity contribution in [1.29, 1.82) is 0 Å². The fourth-order valence-corrected chi connectivity index (χ4v) is 4.38. The van der Waals surface area contributed by atoms with Crippen LogP contribution in [0.5, 0.6) is 11.5 Å². The zero-order valence-corrected chi connectivity index (χ0v) is 21.4. The van der Waals surface area contributed by atoms with Crippen molar-refractivity contribution < 1.29 is 23.0 Å². The minimum atomic E-state index is -0.928. The molecular formula is C26H29F2N7O3. The fraction of sp³-hybridized carbons (Fsp3) is 0.385. The second-order valence-corrected chi connectivity index (χ2v) is 8.81. The van der Waals surface area contributed by atoms with Crippen molar-refractivity contribution >= 4 is 16.9 Å². The average Bonchev–Trinajstić information content (AvgIpc) is 3.45. The lowest BCUT2D eigenvalue weighted by atomic mass is 10.2. The summed E-state index contributed by atoms with van der Waals surface area (Å²) < 4.78 is 49.7. The molecule has 1 saturated heterocycles. The van der Waals surface area contributed by atoms with E-state index in [1.807, 2.05) is 17.9 Å². The normalized spacial score (nSPS) is 16.2. The smallest absolute Gasteiger partial charge is 0.193 e. The van der Waals surface area contributed by atoms with Gasteiger partial charge in [0.1, 0.15) is 22.9 Å². The number of hydrogen-bond acceptors (Lipinski definition) is 8. The molecule has 1 aliphatic rings. The zero-order valence-electron chi connectivity index (χ0n) is 21.4. The van der Waals surface area contributed by atoms with Crippen LogP contribution in [0.4, 0.5) is 14.5 Å². The van der Waals surface area contributed by atoms with Gasteiger partial charge in [0.05, 0.1) is 32.3 Å². The second-order valence-electron chi connectivity index (χ2n) is 8.81. The molecule has 0 aliphatic carbocycles. The van der Waals surface area contributed by atoms with Crippen molar-refractivity contribution in [2.45, 2.75) is 32.0 Å². The van der Waals surface area contributed by atoms with Gasteiger partial charge in [0.25, 0.3) is 0 Å². The van der Waals surface area contributed by atoms with Crippen LogP contribution >= 0.6 is 0 Å². The predicted molar refractivity (Wildman–Crippen MR) is 136 cm³/mol. The first kappa shape index (κ1) is 25.7. The van der Waals surface area contributed by atoms with Gasteiger partial charge in [-0.05, 0) is 38.4 Å². The summed E-state index contributed by atoms with van der Waals surface area (Å²) in [5.74, 6) is -2.21. The molecule has 0 spiro atoms. The Labute approximate surface area is 217 Å². The number of methoxy groups -OCH3 is 2. The van der Waals surface area contributed by atoms with E-state index in [4.69, 9.17) is 19.2 Å². The summed E-state index contributed by atoms with van der Waals surface area (Å²) in [6, 6.07) is 4.51. The number of aromatic nitrogens is 5. The number of ether oxygens (including phenoxy) is 3. The Bertz CT molecular complexity index is 1480. The Morgan fingerprint density at radius 3 is 2.61 bits per heavy atom. The quantitative estimate of drug-likeness (QED) is 0.374. The summed E-state index contributed by atoms with van der Waals surface area (Å²) in [6.45, 7) is 1.69. The molecule has 0 radical (unpaired) electrons. The van der Waals surface area contributed by atoms with E-state index >= 15 is 8.78 Å². The maximum absolute atomic E-state index is 15.1.